The van der Waals surface area contributed by atoms with E-state index in [4.69, 9.17) is 9.72 Å². The minimum absolute atomic E-state index is 0.0163. The number of aryl methyl sites for hydroxylation is 1. The molecule has 1 aliphatic heterocycles. The summed E-state index contributed by atoms with van der Waals surface area (Å²) in [7, 11) is 1.39. The molecule has 8 heteroatoms. The summed E-state index contributed by atoms with van der Waals surface area (Å²) >= 11 is 0. The van der Waals surface area contributed by atoms with Crippen molar-refractivity contribution >= 4 is 28.8 Å². The fourth-order valence-corrected chi connectivity index (χ4v) is 5.76. The van der Waals surface area contributed by atoms with E-state index in [2.05, 4.69) is 4.57 Å². The minimum atomic E-state index is -0.751. The van der Waals surface area contributed by atoms with Gasteiger partial charge in [-0.15, -0.1) is 0 Å². The van der Waals surface area contributed by atoms with Crippen LogP contribution >= 0.6 is 0 Å². The van der Waals surface area contributed by atoms with Crippen LogP contribution in [-0.2, 0) is 22.4 Å². The summed E-state index contributed by atoms with van der Waals surface area (Å²) in [5.74, 6) is -0.582. The molecule has 2 aliphatic rings. The highest BCUT2D eigenvalue weighted by Gasteiger charge is 2.34. The van der Waals surface area contributed by atoms with Gasteiger partial charge in [0.25, 0.3) is 0 Å². The van der Waals surface area contributed by atoms with E-state index >= 15 is 0 Å². The third kappa shape index (κ3) is 4.26. The zero-order valence-corrected chi connectivity index (χ0v) is 20.0. The van der Waals surface area contributed by atoms with Crippen molar-refractivity contribution < 1.29 is 23.8 Å². The topological polar surface area (TPSA) is 84.7 Å². The molecule has 2 aromatic carbocycles. The smallest absolute Gasteiger partial charge is 0.414 e. The van der Waals surface area contributed by atoms with Gasteiger partial charge in [0.1, 0.15) is 11.6 Å². The van der Waals surface area contributed by atoms with Crippen molar-refractivity contribution in [2.75, 3.05) is 12.0 Å². The summed E-state index contributed by atoms with van der Waals surface area (Å²) in [5.41, 5.74) is 4.56. The largest absolute Gasteiger partial charge is 0.481 e. The fraction of sp³-hybridized carbons (Fsp3) is 0.444. The van der Waals surface area contributed by atoms with Gasteiger partial charge in [-0.3, -0.25) is 9.69 Å². The maximum atomic E-state index is 13.5. The highest BCUT2D eigenvalue weighted by Crippen LogP contribution is 2.40. The number of ether oxygens (including phenoxy) is 1. The Morgan fingerprint density at radius 2 is 1.91 bits per heavy atom. The van der Waals surface area contributed by atoms with Crippen LogP contribution in [0, 0.1) is 11.7 Å². The molecule has 2 heterocycles. The lowest BCUT2D eigenvalue weighted by atomic mass is 9.85. The molecule has 0 saturated heterocycles. The predicted octanol–water partition coefficient (Wildman–Crippen LogP) is 5.49. The van der Waals surface area contributed by atoms with Crippen LogP contribution < -0.4 is 4.90 Å². The highest BCUT2D eigenvalue weighted by molar-refractivity contribution is 5.95. The Hall–Kier alpha value is -3.42. The number of amides is 1. The average molecular weight is 480 g/mol. The molecule has 184 valence electrons. The summed E-state index contributed by atoms with van der Waals surface area (Å²) in [4.78, 5) is 31.1. The maximum absolute atomic E-state index is 13.5. The molecule has 1 saturated carbocycles. The summed E-state index contributed by atoms with van der Waals surface area (Å²) in [5, 5.41) is 9.68. The summed E-state index contributed by atoms with van der Waals surface area (Å²) < 4.78 is 20.8. The number of carbonyl (C=O) groups is 2. The Morgan fingerprint density at radius 3 is 2.63 bits per heavy atom. The zero-order chi connectivity index (χ0) is 24.7. The second-order valence-electron chi connectivity index (χ2n) is 9.72. The molecule has 1 unspecified atom stereocenters. The summed E-state index contributed by atoms with van der Waals surface area (Å²) in [6.45, 7) is 2.01. The Bertz CT molecular complexity index is 1270. The lowest BCUT2D eigenvalue weighted by Gasteiger charge is -2.34. The van der Waals surface area contributed by atoms with Crippen LogP contribution in [0.5, 0.6) is 0 Å². The molecule has 1 N–H and O–H groups in total. The number of aliphatic carboxylic acids is 1. The number of hydrogen-bond acceptors (Lipinski definition) is 4. The number of carboxylic acids is 1. The second-order valence-corrected chi connectivity index (χ2v) is 9.72. The molecule has 1 amide bonds. The number of nitrogens with zero attached hydrogens (tertiary/aromatic N) is 3. The van der Waals surface area contributed by atoms with Crippen LogP contribution in [0.2, 0.25) is 0 Å². The molecule has 1 fully saturated rings. The van der Waals surface area contributed by atoms with Crippen molar-refractivity contribution in [2.45, 2.75) is 64.0 Å². The SMILES string of the molecule is COC(=O)N1c2ccc3c(nc(Cc4ccc(F)cc4)n3[C@@H]3CCC[C@@H](C(=O)O)C3)c2CCC1C. The summed E-state index contributed by atoms with van der Waals surface area (Å²) in [6, 6.07) is 10.4. The number of benzene rings is 2. The normalized spacial score (nSPS) is 22.1. The Balaban J connectivity index is 1.65. The van der Waals surface area contributed by atoms with Gasteiger partial charge in [-0.05, 0) is 68.9 Å². The number of hydrogen-bond donors (Lipinski definition) is 1. The van der Waals surface area contributed by atoms with Gasteiger partial charge in [0.05, 0.1) is 29.7 Å². The first-order chi connectivity index (χ1) is 16.9. The van der Waals surface area contributed by atoms with Crippen molar-refractivity contribution in [3.8, 4) is 0 Å². The Morgan fingerprint density at radius 1 is 1.14 bits per heavy atom. The Labute approximate surface area is 203 Å². The Kier molecular flexibility index (Phi) is 6.21. The summed E-state index contributed by atoms with van der Waals surface area (Å²) in [6.07, 6.45) is 4.68. The van der Waals surface area contributed by atoms with Gasteiger partial charge < -0.3 is 14.4 Å². The zero-order valence-electron chi connectivity index (χ0n) is 20.0. The number of imidazole rings is 1. The van der Waals surface area contributed by atoms with E-state index in [1.165, 1.54) is 19.2 Å². The third-order valence-electron chi connectivity index (χ3n) is 7.54. The van der Waals surface area contributed by atoms with Gasteiger partial charge >= 0.3 is 12.1 Å². The number of anilines is 1. The molecule has 35 heavy (non-hydrogen) atoms. The van der Waals surface area contributed by atoms with E-state index in [9.17, 15) is 19.1 Å². The molecule has 0 bridgehead atoms. The van der Waals surface area contributed by atoms with Crippen LogP contribution in [0.1, 0.15) is 62.0 Å². The first kappa shape index (κ1) is 23.3. The first-order valence-corrected chi connectivity index (χ1v) is 12.2. The molecule has 1 aliphatic carbocycles. The van der Waals surface area contributed by atoms with Gasteiger partial charge in [-0.1, -0.05) is 18.6 Å². The van der Waals surface area contributed by atoms with Crippen LogP contribution in [0.15, 0.2) is 36.4 Å². The lowest BCUT2D eigenvalue weighted by Crippen LogP contribution is -2.42. The van der Waals surface area contributed by atoms with Crippen molar-refractivity contribution in [2.24, 2.45) is 5.92 Å². The second kappa shape index (κ2) is 9.32. The predicted molar refractivity (Wildman–Crippen MR) is 130 cm³/mol. The molecular weight excluding hydrogens is 449 g/mol. The van der Waals surface area contributed by atoms with Crippen molar-refractivity contribution in [1.29, 1.82) is 0 Å². The molecule has 7 nitrogen and oxygen atoms in total. The van der Waals surface area contributed by atoms with Gasteiger partial charge in [0.15, 0.2) is 0 Å². The highest BCUT2D eigenvalue weighted by atomic mass is 19.1. The minimum Gasteiger partial charge on any atom is -0.481 e. The van der Waals surface area contributed by atoms with E-state index in [0.29, 0.717) is 19.3 Å². The molecule has 3 aromatic rings. The van der Waals surface area contributed by atoms with E-state index in [1.807, 2.05) is 19.1 Å². The fourth-order valence-electron chi connectivity index (χ4n) is 5.76. The van der Waals surface area contributed by atoms with Crippen LogP contribution in [-0.4, -0.2) is 39.9 Å². The van der Waals surface area contributed by atoms with Gasteiger partial charge in [-0.25, -0.2) is 14.2 Å². The van der Waals surface area contributed by atoms with E-state index < -0.39 is 5.97 Å². The molecule has 5 rings (SSSR count). The van der Waals surface area contributed by atoms with E-state index in [1.54, 1.807) is 17.0 Å². The van der Waals surface area contributed by atoms with Crippen LogP contribution in [0.25, 0.3) is 11.0 Å². The van der Waals surface area contributed by atoms with Crippen molar-refractivity contribution in [1.82, 2.24) is 9.55 Å². The number of halogens is 1. The van der Waals surface area contributed by atoms with Gasteiger partial charge in [-0.2, -0.15) is 0 Å². The monoisotopic (exact) mass is 479 g/mol. The molecule has 0 spiro atoms. The van der Waals surface area contributed by atoms with Crippen LogP contribution in [0.4, 0.5) is 14.9 Å². The molecule has 0 radical (unpaired) electrons. The van der Waals surface area contributed by atoms with Gasteiger partial charge in [0.2, 0.25) is 0 Å². The van der Waals surface area contributed by atoms with E-state index in [-0.39, 0.29) is 29.9 Å². The molecular formula is C27H30FN3O4. The number of carboxylic acid groups (broad SMARTS) is 1. The van der Waals surface area contributed by atoms with Crippen molar-refractivity contribution in [3.63, 3.8) is 0 Å². The average Bonchev–Trinajstić information content (AvgIpc) is 3.23. The number of aromatic nitrogens is 2. The quantitative estimate of drug-likeness (QED) is 0.535. The van der Waals surface area contributed by atoms with Crippen LogP contribution in [0.3, 0.4) is 0 Å². The number of methoxy groups -OCH3 is 1. The molecule has 3 atom stereocenters. The maximum Gasteiger partial charge on any atom is 0.414 e. The number of fused-ring (bicyclic) bond motifs is 3. The van der Waals surface area contributed by atoms with Gasteiger partial charge in [0, 0.05) is 24.1 Å². The number of carbonyl (C=O) groups excluding carboxylic acids is 1. The standard InChI is InChI=1S/C27H30FN3O4/c1-16-6-11-21-22(30(16)27(34)35-2)12-13-23-25(21)29-24(14-17-7-9-19(28)10-8-17)31(23)20-5-3-4-18(15-20)26(32)33/h7-10,12-13,16,18,20H,3-6,11,14-15H2,1-2H3,(H,32,33)/t16?,18-,20-/m1/s1. The first-order valence-electron chi connectivity index (χ1n) is 12.2. The third-order valence-corrected chi connectivity index (χ3v) is 7.54. The number of rotatable bonds is 4. The lowest BCUT2D eigenvalue weighted by molar-refractivity contribution is -0.143. The molecule has 1 aromatic heterocycles. The van der Waals surface area contributed by atoms with E-state index in [0.717, 1.165) is 59.4 Å². The van der Waals surface area contributed by atoms with Crippen molar-refractivity contribution in [3.05, 3.63) is 59.2 Å².